The Morgan fingerprint density at radius 1 is 0.767 bits per heavy atom. The van der Waals surface area contributed by atoms with Gasteiger partial charge in [-0.05, 0) is 55.7 Å². The van der Waals surface area contributed by atoms with Crippen LogP contribution in [0.4, 0.5) is 0 Å². The van der Waals surface area contributed by atoms with E-state index in [0.29, 0.717) is 0 Å². The van der Waals surface area contributed by atoms with Crippen LogP contribution in [0.5, 0.6) is 23.0 Å². The van der Waals surface area contributed by atoms with E-state index in [1.54, 1.807) is 6.20 Å². The second-order valence-electron chi connectivity index (χ2n) is 11.5. The summed E-state index contributed by atoms with van der Waals surface area (Å²) in [4.78, 5) is 4.49. The molecule has 1 aliphatic rings. The van der Waals surface area contributed by atoms with Gasteiger partial charge in [-0.1, -0.05) is 80.6 Å². The minimum Gasteiger partial charge on any atom is -0.457 e. The fourth-order valence-corrected chi connectivity index (χ4v) is 6.37. The molecule has 5 nitrogen and oxygen atoms in total. The fourth-order valence-electron chi connectivity index (χ4n) is 6.37. The Kier molecular flexibility index (Phi) is 5.56. The van der Waals surface area contributed by atoms with Crippen molar-refractivity contribution >= 4 is 21.9 Å². The SMILES string of the molecule is [CH2-][n+]1cccc2c3ccc4c(c3n(-c3cccc(Oc5cccc(-c6ccccn6)c5)c3)c21)Oc1ccccc1C4(C)C. The number of pyridine rings is 2. The summed E-state index contributed by atoms with van der Waals surface area (Å²) in [5.74, 6) is 3.23. The van der Waals surface area contributed by atoms with Crippen LogP contribution < -0.4 is 14.0 Å². The van der Waals surface area contributed by atoms with Crippen molar-refractivity contribution in [2.75, 3.05) is 0 Å². The van der Waals surface area contributed by atoms with E-state index in [-0.39, 0.29) is 5.41 Å². The van der Waals surface area contributed by atoms with Crippen LogP contribution in [0.1, 0.15) is 25.0 Å². The van der Waals surface area contributed by atoms with Crippen molar-refractivity contribution in [3.8, 4) is 39.9 Å². The lowest BCUT2D eigenvalue weighted by molar-refractivity contribution is -0.586. The monoisotopic (exact) mass is 559 g/mol. The molecule has 0 saturated heterocycles. The molecule has 1 aliphatic heterocycles. The van der Waals surface area contributed by atoms with Gasteiger partial charge in [0, 0.05) is 45.1 Å². The van der Waals surface area contributed by atoms with Gasteiger partial charge in [0.05, 0.1) is 5.69 Å². The molecule has 3 aromatic heterocycles. The Hall–Kier alpha value is -5.55. The van der Waals surface area contributed by atoms with Crippen molar-refractivity contribution in [3.05, 3.63) is 146 Å². The van der Waals surface area contributed by atoms with Crippen molar-refractivity contribution in [2.45, 2.75) is 19.3 Å². The quantitative estimate of drug-likeness (QED) is 0.160. The lowest BCUT2D eigenvalue weighted by atomic mass is 9.75. The summed E-state index contributed by atoms with van der Waals surface area (Å²) in [7, 11) is 4.35. The molecule has 0 atom stereocenters. The van der Waals surface area contributed by atoms with Gasteiger partial charge in [-0.15, -0.1) is 0 Å². The predicted octanol–water partition coefficient (Wildman–Crippen LogP) is 9.00. The van der Waals surface area contributed by atoms with Crippen LogP contribution in [-0.2, 0) is 5.41 Å². The summed E-state index contributed by atoms with van der Waals surface area (Å²) in [6, 6.07) is 39.0. The smallest absolute Gasteiger partial charge is 0.192 e. The molecule has 4 heterocycles. The molecule has 0 amide bonds. The summed E-state index contributed by atoms with van der Waals surface area (Å²) in [6.45, 7) is 4.53. The molecule has 8 rings (SSSR count). The van der Waals surface area contributed by atoms with Crippen molar-refractivity contribution in [3.63, 3.8) is 0 Å². The maximum absolute atomic E-state index is 6.75. The summed E-state index contributed by atoms with van der Waals surface area (Å²) in [5, 5.41) is 2.21. The van der Waals surface area contributed by atoms with Crippen LogP contribution in [0.2, 0.25) is 0 Å². The lowest BCUT2D eigenvalue weighted by Crippen LogP contribution is -2.28. The third-order valence-corrected chi connectivity index (χ3v) is 8.45. The number of nitrogens with zero attached hydrogens (tertiary/aromatic N) is 3. The molecule has 7 aromatic rings. The fraction of sp³-hybridized carbons (Fsp3) is 0.0789. The topological polar surface area (TPSA) is 40.2 Å². The average Bonchev–Trinajstić information content (AvgIpc) is 3.38. The molecule has 0 spiro atoms. The molecule has 208 valence electrons. The number of para-hydroxylation sites is 1. The molecule has 0 bridgehead atoms. The molecule has 0 saturated carbocycles. The van der Waals surface area contributed by atoms with Gasteiger partial charge >= 0.3 is 0 Å². The van der Waals surface area contributed by atoms with Crippen molar-refractivity contribution in [1.29, 1.82) is 0 Å². The number of aromatic nitrogens is 3. The largest absolute Gasteiger partial charge is 0.457 e. The Morgan fingerprint density at radius 2 is 1.58 bits per heavy atom. The summed E-state index contributed by atoms with van der Waals surface area (Å²) >= 11 is 0. The zero-order valence-electron chi connectivity index (χ0n) is 24.0. The molecule has 0 aliphatic carbocycles. The summed E-state index contributed by atoms with van der Waals surface area (Å²) in [6.07, 6.45) is 3.78. The van der Waals surface area contributed by atoms with E-state index >= 15 is 0 Å². The van der Waals surface area contributed by atoms with Gasteiger partial charge in [-0.3, -0.25) is 4.98 Å². The van der Waals surface area contributed by atoms with E-state index in [9.17, 15) is 0 Å². The van der Waals surface area contributed by atoms with Crippen molar-refractivity contribution < 1.29 is 14.0 Å². The van der Waals surface area contributed by atoms with Crippen LogP contribution in [0, 0.1) is 7.05 Å². The van der Waals surface area contributed by atoms with E-state index in [0.717, 1.165) is 67.4 Å². The first-order chi connectivity index (χ1) is 21.0. The van der Waals surface area contributed by atoms with Crippen LogP contribution in [0.25, 0.3) is 38.9 Å². The van der Waals surface area contributed by atoms with Gasteiger partial charge in [0.15, 0.2) is 16.9 Å². The van der Waals surface area contributed by atoms with Crippen LogP contribution in [-0.4, -0.2) is 9.55 Å². The Bertz CT molecular complexity index is 2180. The molecule has 43 heavy (non-hydrogen) atoms. The summed E-state index contributed by atoms with van der Waals surface area (Å²) in [5.41, 5.74) is 6.94. The summed E-state index contributed by atoms with van der Waals surface area (Å²) < 4.78 is 17.4. The Morgan fingerprint density at radius 3 is 2.44 bits per heavy atom. The highest BCUT2D eigenvalue weighted by Crippen LogP contribution is 2.51. The standard InChI is InChI=1S/C38H29N3O2/c1-38(2)31-16-4-5-18-34(31)43-36-32(38)20-19-29-30-15-10-22-40(3)37(30)41(35(29)36)26-12-9-14-28(24-26)42-27-13-8-11-25(23-27)33-17-6-7-21-39-33/h4-24H,3H2,1-2H3. The maximum atomic E-state index is 6.75. The molecular weight excluding hydrogens is 530 g/mol. The highest BCUT2D eigenvalue weighted by atomic mass is 16.5. The van der Waals surface area contributed by atoms with E-state index in [1.165, 1.54) is 5.56 Å². The van der Waals surface area contributed by atoms with Gasteiger partial charge in [0.2, 0.25) is 0 Å². The highest BCUT2D eigenvalue weighted by molar-refractivity contribution is 6.10. The predicted molar refractivity (Wildman–Crippen MR) is 170 cm³/mol. The molecule has 0 N–H and O–H groups in total. The molecule has 5 heteroatoms. The third-order valence-electron chi connectivity index (χ3n) is 8.45. The number of hydrogen-bond donors (Lipinski definition) is 0. The van der Waals surface area contributed by atoms with Crippen LogP contribution in [0.15, 0.2) is 128 Å². The highest BCUT2D eigenvalue weighted by Gasteiger charge is 2.37. The van der Waals surface area contributed by atoms with Gasteiger partial charge in [-0.25, -0.2) is 4.57 Å². The van der Waals surface area contributed by atoms with Crippen molar-refractivity contribution in [2.24, 2.45) is 0 Å². The minimum atomic E-state index is -0.232. The molecule has 0 fully saturated rings. The normalized spacial score (nSPS) is 13.3. The van der Waals surface area contributed by atoms with E-state index in [4.69, 9.17) is 9.47 Å². The minimum absolute atomic E-state index is 0.232. The zero-order chi connectivity index (χ0) is 29.1. The Labute approximate surface area is 250 Å². The second-order valence-corrected chi connectivity index (χ2v) is 11.5. The first-order valence-electron chi connectivity index (χ1n) is 14.4. The molecular formula is C38H29N3O2. The average molecular weight is 560 g/mol. The first-order valence-corrected chi connectivity index (χ1v) is 14.4. The zero-order valence-corrected chi connectivity index (χ0v) is 24.0. The number of fused-ring (bicyclic) bond motifs is 6. The number of rotatable bonds is 4. The molecule has 4 aromatic carbocycles. The van der Waals surface area contributed by atoms with Crippen molar-refractivity contribution in [1.82, 2.24) is 9.55 Å². The van der Waals surface area contributed by atoms with Crippen LogP contribution in [0.3, 0.4) is 0 Å². The second kappa shape index (κ2) is 9.50. The van der Waals surface area contributed by atoms with Gasteiger partial charge in [-0.2, -0.15) is 0 Å². The van der Waals surface area contributed by atoms with E-state index in [2.05, 4.69) is 79.0 Å². The third kappa shape index (κ3) is 3.97. The maximum Gasteiger partial charge on any atom is 0.192 e. The molecule has 0 unspecified atom stereocenters. The van der Waals surface area contributed by atoms with Gasteiger partial charge in [0.25, 0.3) is 0 Å². The number of benzene rings is 4. The van der Waals surface area contributed by atoms with Gasteiger partial charge < -0.3 is 14.0 Å². The Balaban J connectivity index is 1.31. The first kappa shape index (κ1) is 25.2. The number of ether oxygens (including phenoxy) is 2. The number of hydrogen-bond acceptors (Lipinski definition) is 3. The van der Waals surface area contributed by atoms with Gasteiger partial charge in [0.1, 0.15) is 22.9 Å². The molecule has 0 radical (unpaired) electrons. The lowest BCUT2D eigenvalue weighted by Gasteiger charge is -2.34. The van der Waals surface area contributed by atoms with E-state index < -0.39 is 0 Å². The van der Waals surface area contributed by atoms with E-state index in [1.807, 2.05) is 77.5 Å². The van der Waals surface area contributed by atoms with Crippen LogP contribution >= 0.6 is 0 Å².